The number of hydrogen-bond acceptors (Lipinski definition) is 2. The van der Waals surface area contributed by atoms with Crippen molar-refractivity contribution in [3.63, 3.8) is 0 Å². The Morgan fingerprint density at radius 2 is 2.20 bits per heavy atom. The molecule has 1 heterocycles. The van der Waals surface area contributed by atoms with E-state index in [0.29, 0.717) is 11.2 Å². The first-order valence-electron chi connectivity index (χ1n) is 5.07. The Morgan fingerprint density at radius 1 is 1.33 bits per heavy atom. The van der Waals surface area contributed by atoms with Gasteiger partial charge in [-0.2, -0.15) is 0 Å². The van der Waals surface area contributed by atoms with Crippen molar-refractivity contribution in [2.24, 2.45) is 0 Å². The molecule has 0 amide bonds. The molecular formula is C12H15NOS. The molecule has 0 radical (unpaired) electrons. The number of aromatic amines is 1. The summed E-state index contributed by atoms with van der Waals surface area (Å²) in [5, 5.41) is 1.81. The first-order chi connectivity index (χ1) is 7.25. The van der Waals surface area contributed by atoms with Crippen LogP contribution in [0.2, 0.25) is 0 Å². The van der Waals surface area contributed by atoms with Crippen LogP contribution in [0, 0.1) is 0 Å². The molecule has 1 N–H and O–H groups in total. The van der Waals surface area contributed by atoms with Crippen molar-refractivity contribution in [3.05, 3.63) is 30.5 Å². The first kappa shape index (κ1) is 10.4. The first-order valence-corrected chi connectivity index (χ1v) is 6.12. The SMILES string of the molecule is CC(C)SCOc1ccc2[nH]ccc2c1. The van der Waals surface area contributed by atoms with Gasteiger partial charge in [-0.05, 0) is 24.3 Å². The Hall–Kier alpha value is -1.09. The second-order valence-corrected chi connectivity index (χ2v) is 5.22. The molecule has 0 unspecified atom stereocenters. The molecular weight excluding hydrogens is 206 g/mol. The molecule has 0 fully saturated rings. The minimum Gasteiger partial charge on any atom is -0.483 e. The molecule has 0 aliphatic carbocycles. The van der Waals surface area contributed by atoms with Crippen LogP contribution in [0.25, 0.3) is 10.9 Å². The Kier molecular flexibility index (Phi) is 3.21. The van der Waals surface area contributed by atoms with Crippen LogP contribution >= 0.6 is 11.8 Å². The zero-order chi connectivity index (χ0) is 10.7. The second kappa shape index (κ2) is 4.62. The van der Waals surface area contributed by atoms with E-state index in [1.807, 2.05) is 18.3 Å². The highest BCUT2D eigenvalue weighted by molar-refractivity contribution is 7.99. The lowest BCUT2D eigenvalue weighted by Crippen LogP contribution is -1.97. The van der Waals surface area contributed by atoms with Crippen molar-refractivity contribution >= 4 is 22.7 Å². The van der Waals surface area contributed by atoms with Gasteiger partial charge in [0.15, 0.2) is 0 Å². The van der Waals surface area contributed by atoms with E-state index in [9.17, 15) is 0 Å². The molecule has 3 heteroatoms. The predicted octanol–water partition coefficient (Wildman–Crippen LogP) is 3.65. The Balaban J connectivity index is 2.02. The highest BCUT2D eigenvalue weighted by atomic mass is 32.2. The van der Waals surface area contributed by atoms with Crippen LogP contribution in [-0.4, -0.2) is 16.2 Å². The summed E-state index contributed by atoms with van der Waals surface area (Å²) in [6.07, 6.45) is 1.94. The second-order valence-electron chi connectivity index (χ2n) is 3.70. The summed E-state index contributed by atoms with van der Waals surface area (Å²) in [4.78, 5) is 3.16. The number of benzene rings is 1. The third kappa shape index (κ3) is 2.69. The molecule has 0 saturated heterocycles. The molecule has 0 aliphatic rings. The topological polar surface area (TPSA) is 25.0 Å². The van der Waals surface area contributed by atoms with E-state index in [4.69, 9.17) is 4.74 Å². The van der Waals surface area contributed by atoms with Crippen molar-refractivity contribution in [1.82, 2.24) is 4.98 Å². The minimum atomic E-state index is 0.612. The standard InChI is InChI=1S/C12H15NOS/c1-9(2)15-8-14-11-3-4-12-10(7-11)5-6-13-12/h3-7,9,13H,8H2,1-2H3. The lowest BCUT2D eigenvalue weighted by Gasteiger charge is -2.07. The van der Waals surface area contributed by atoms with Crippen LogP contribution < -0.4 is 4.74 Å². The van der Waals surface area contributed by atoms with Gasteiger partial charge < -0.3 is 9.72 Å². The third-order valence-corrected chi connectivity index (χ3v) is 3.07. The van der Waals surface area contributed by atoms with E-state index in [1.165, 1.54) is 5.39 Å². The van der Waals surface area contributed by atoms with Crippen LogP contribution in [0.3, 0.4) is 0 Å². The van der Waals surface area contributed by atoms with Gasteiger partial charge in [0.1, 0.15) is 11.7 Å². The largest absolute Gasteiger partial charge is 0.483 e. The van der Waals surface area contributed by atoms with Gasteiger partial charge in [0.25, 0.3) is 0 Å². The van der Waals surface area contributed by atoms with E-state index in [0.717, 1.165) is 11.3 Å². The van der Waals surface area contributed by atoms with Gasteiger partial charge >= 0.3 is 0 Å². The van der Waals surface area contributed by atoms with Crippen molar-refractivity contribution in [1.29, 1.82) is 0 Å². The third-order valence-electron chi connectivity index (χ3n) is 2.15. The van der Waals surface area contributed by atoms with Crippen molar-refractivity contribution in [3.8, 4) is 5.75 Å². The fourth-order valence-electron chi connectivity index (χ4n) is 1.36. The van der Waals surface area contributed by atoms with Gasteiger partial charge in [-0.25, -0.2) is 0 Å². The van der Waals surface area contributed by atoms with E-state index < -0.39 is 0 Å². The molecule has 1 aromatic carbocycles. The highest BCUT2D eigenvalue weighted by Crippen LogP contribution is 2.21. The van der Waals surface area contributed by atoms with Crippen LogP contribution in [-0.2, 0) is 0 Å². The lowest BCUT2D eigenvalue weighted by atomic mass is 10.2. The minimum absolute atomic E-state index is 0.612. The van der Waals surface area contributed by atoms with Crippen molar-refractivity contribution < 1.29 is 4.74 Å². The zero-order valence-corrected chi connectivity index (χ0v) is 9.80. The summed E-state index contributed by atoms with van der Waals surface area (Å²) in [7, 11) is 0. The summed E-state index contributed by atoms with van der Waals surface area (Å²) in [5.41, 5.74) is 1.15. The Bertz CT molecular complexity index is 436. The molecule has 2 aromatic rings. The molecule has 1 aromatic heterocycles. The summed E-state index contributed by atoms with van der Waals surface area (Å²) >= 11 is 1.80. The zero-order valence-electron chi connectivity index (χ0n) is 8.99. The van der Waals surface area contributed by atoms with E-state index >= 15 is 0 Å². The summed E-state index contributed by atoms with van der Waals surface area (Å²) in [6.45, 7) is 4.34. The van der Waals surface area contributed by atoms with Gasteiger partial charge in [-0.1, -0.05) is 13.8 Å². The molecule has 0 saturated carbocycles. The van der Waals surface area contributed by atoms with Gasteiger partial charge in [0.2, 0.25) is 0 Å². The molecule has 80 valence electrons. The number of rotatable bonds is 4. The maximum Gasteiger partial charge on any atom is 0.134 e. The molecule has 15 heavy (non-hydrogen) atoms. The maximum absolute atomic E-state index is 5.64. The molecule has 0 spiro atoms. The fourth-order valence-corrected chi connectivity index (χ4v) is 1.84. The smallest absolute Gasteiger partial charge is 0.134 e. The normalized spacial score (nSPS) is 11.1. The molecule has 0 atom stereocenters. The Morgan fingerprint density at radius 3 is 3.00 bits per heavy atom. The van der Waals surface area contributed by atoms with Gasteiger partial charge in [-0.3, -0.25) is 0 Å². The van der Waals surface area contributed by atoms with Crippen LogP contribution in [0.15, 0.2) is 30.5 Å². The van der Waals surface area contributed by atoms with E-state index in [1.54, 1.807) is 11.8 Å². The molecule has 0 bridgehead atoms. The van der Waals surface area contributed by atoms with Crippen LogP contribution in [0.5, 0.6) is 5.75 Å². The fraction of sp³-hybridized carbons (Fsp3) is 0.333. The summed E-state index contributed by atoms with van der Waals surface area (Å²) < 4.78 is 5.64. The monoisotopic (exact) mass is 221 g/mol. The maximum atomic E-state index is 5.64. The van der Waals surface area contributed by atoms with Gasteiger partial charge in [-0.15, -0.1) is 11.8 Å². The van der Waals surface area contributed by atoms with E-state index in [-0.39, 0.29) is 0 Å². The quantitative estimate of drug-likeness (QED) is 0.797. The average molecular weight is 221 g/mol. The van der Waals surface area contributed by atoms with Crippen LogP contribution in [0.1, 0.15) is 13.8 Å². The number of H-pyrrole nitrogens is 1. The molecule has 0 aliphatic heterocycles. The van der Waals surface area contributed by atoms with Gasteiger partial charge in [0.05, 0.1) is 0 Å². The number of hydrogen-bond donors (Lipinski definition) is 1. The van der Waals surface area contributed by atoms with Crippen molar-refractivity contribution in [2.45, 2.75) is 19.1 Å². The predicted molar refractivity (Wildman–Crippen MR) is 66.5 cm³/mol. The summed E-state index contributed by atoms with van der Waals surface area (Å²) in [6, 6.07) is 8.16. The number of thioether (sulfide) groups is 1. The highest BCUT2D eigenvalue weighted by Gasteiger charge is 1.99. The van der Waals surface area contributed by atoms with Gasteiger partial charge in [0, 0.05) is 22.3 Å². The summed E-state index contributed by atoms with van der Waals surface area (Å²) in [5.74, 6) is 1.66. The number of aromatic nitrogens is 1. The van der Waals surface area contributed by atoms with Crippen molar-refractivity contribution in [2.75, 3.05) is 5.94 Å². The number of nitrogens with one attached hydrogen (secondary N) is 1. The lowest BCUT2D eigenvalue weighted by molar-refractivity contribution is 0.393. The van der Waals surface area contributed by atoms with Crippen LogP contribution in [0.4, 0.5) is 0 Å². The Labute approximate surface area is 94.0 Å². The van der Waals surface area contributed by atoms with E-state index in [2.05, 4.69) is 31.0 Å². The molecule has 2 rings (SSSR count). The molecule has 2 nitrogen and oxygen atoms in total. The number of fused-ring (bicyclic) bond motifs is 1. The number of ether oxygens (including phenoxy) is 1. The average Bonchev–Trinajstić information content (AvgIpc) is 2.64.